The van der Waals surface area contributed by atoms with Gasteiger partial charge in [-0.1, -0.05) is 23.2 Å². The lowest BCUT2D eigenvalue weighted by atomic mass is 10.2. The number of hydrogen-bond acceptors (Lipinski definition) is 4. The molecule has 0 unspecified atom stereocenters. The van der Waals surface area contributed by atoms with E-state index in [1.807, 2.05) is 10.6 Å². The van der Waals surface area contributed by atoms with E-state index in [0.717, 1.165) is 5.69 Å². The molecule has 2 heterocycles. The molecule has 0 saturated heterocycles. The summed E-state index contributed by atoms with van der Waals surface area (Å²) in [6, 6.07) is 5.27. The number of benzene rings is 1. The zero-order chi connectivity index (χ0) is 21.5. The summed E-state index contributed by atoms with van der Waals surface area (Å²) in [5.41, 5.74) is 0.956. The van der Waals surface area contributed by atoms with E-state index in [-0.39, 0.29) is 18.1 Å². The molecule has 1 N–H and O–H groups in total. The van der Waals surface area contributed by atoms with E-state index in [4.69, 9.17) is 27.9 Å². The lowest BCUT2D eigenvalue weighted by molar-refractivity contribution is 0.0585. The van der Waals surface area contributed by atoms with Crippen molar-refractivity contribution in [2.45, 2.75) is 39.5 Å². The highest BCUT2D eigenvalue weighted by Crippen LogP contribution is 2.41. The Hall–Kier alpha value is -2.63. The topological polar surface area (TPSA) is 98.8 Å². The summed E-state index contributed by atoms with van der Waals surface area (Å²) in [5, 5.41) is 19.7. The van der Waals surface area contributed by atoms with Crippen molar-refractivity contribution in [1.29, 1.82) is 5.26 Å². The number of carbonyl (C=O) groups excluding carboxylic acids is 1. The van der Waals surface area contributed by atoms with E-state index in [0.29, 0.717) is 34.7 Å². The molecule has 1 aromatic heterocycles. The molecule has 0 radical (unpaired) electrons. The summed E-state index contributed by atoms with van der Waals surface area (Å²) < 4.78 is 7.34. The lowest BCUT2D eigenvalue weighted by Gasteiger charge is -2.27. The van der Waals surface area contributed by atoms with Crippen molar-refractivity contribution >= 4 is 52.0 Å². The maximum atomic E-state index is 12.8. The predicted octanol–water partition coefficient (Wildman–Crippen LogP) is 4.71. The van der Waals surface area contributed by atoms with Gasteiger partial charge in [0, 0.05) is 24.2 Å². The molecule has 1 aromatic carbocycles. The van der Waals surface area contributed by atoms with Crippen LogP contribution in [0.3, 0.4) is 0 Å². The van der Waals surface area contributed by atoms with Crippen LogP contribution in [-0.2, 0) is 17.8 Å². The van der Waals surface area contributed by atoms with Gasteiger partial charge in [-0.2, -0.15) is 5.26 Å². The van der Waals surface area contributed by atoms with Crippen molar-refractivity contribution in [2.24, 2.45) is 0 Å². The third-order valence-corrected chi connectivity index (χ3v) is 5.27. The number of nitriles is 1. The van der Waals surface area contributed by atoms with Crippen LogP contribution in [-0.4, -0.2) is 45.5 Å². The molecule has 2 aromatic rings. The summed E-state index contributed by atoms with van der Waals surface area (Å²) >= 11 is 12.8. The number of anilines is 1. The quantitative estimate of drug-likeness (QED) is 0.684. The number of fused-ring (bicyclic) bond motifs is 3. The minimum atomic E-state index is -1.01. The summed E-state index contributed by atoms with van der Waals surface area (Å²) in [5.74, 6) is 0. The van der Waals surface area contributed by atoms with Crippen LogP contribution in [0.2, 0.25) is 10.0 Å². The normalized spacial score (nSPS) is 13.7. The molecular formula is C19H20Cl2N4O4. The largest absolute Gasteiger partial charge is 0.465 e. The molecule has 0 atom stereocenters. The molecule has 0 aliphatic carbocycles. The van der Waals surface area contributed by atoms with Gasteiger partial charge in [0.25, 0.3) is 0 Å². The Balaban J connectivity index is 2.17. The van der Waals surface area contributed by atoms with Crippen molar-refractivity contribution in [2.75, 3.05) is 18.0 Å². The number of ether oxygens (including phenoxy) is 1. The molecule has 1 aliphatic heterocycles. The van der Waals surface area contributed by atoms with Gasteiger partial charge in [-0.05, 0) is 32.9 Å². The smallest absolute Gasteiger partial charge is 0.415 e. The minimum Gasteiger partial charge on any atom is -0.465 e. The average molecular weight is 439 g/mol. The number of nitrogens with zero attached hydrogens (tertiary/aromatic N) is 4. The number of hydrogen-bond donors (Lipinski definition) is 1. The Morgan fingerprint density at radius 1 is 1.31 bits per heavy atom. The maximum absolute atomic E-state index is 12.8. The van der Waals surface area contributed by atoms with Crippen LogP contribution >= 0.6 is 23.2 Å². The predicted molar refractivity (Wildman–Crippen MR) is 110 cm³/mol. The van der Waals surface area contributed by atoms with Crippen LogP contribution in [0, 0.1) is 11.3 Å². The van der Waals surface area contributed by atoms with Gasteiger partial charge in [0.1, 0.15) is 12.1 Å². The molecule has 0 saturated carbocycles. The van der Waals surface area contributed by atoms with Gasteiger partial charge in [-0.15, -0.1) is 0 Å². The van der Waals surface area contributed by atoms with Crippen LogP contribution in [0.25, 0.3) is 10.9 Å². The fraction of sp³-hybridized carbons (Fsp3) is 0.421. The van der Waals surface area contributed by atoms with Gasteiger partial charge in [-0.25, -0.2) is 9.59 Å². The van der Waals surface area contributed by atoms with Crippen molar-refractivity contribution in [1.82, 2.24) is 9.47 Å². The van der Waals surface area contributed by atoms with E-state index in [1.54, 1.807) is 26.8 Å². The van der Waals surface area contributed by atoms with E-state index >= 15 is 0 Å². The molecule has 10 heteroatoms. The summed E-state index contributed by atoms with van der Waals surface area (Å²) in [6.45, 7) is 5.84. The standard InChI is InChI=1S/C19H20Cl2N4O4/c1-19(2,3)29-18(28)25(5-4-22)14-9-13(20)15(21)16-12(14)8-11-10-23(17(26)27)6-7-24(11)16/h8-9H,5-7,10H2,1-3H3,(H,26,27). The highest BCUT2D eigenvalue weighted by atomic mass is 35.5. The zero-order valence-electron chi connectivity index (χ0n) is 16.2. The Morgan fingerprint density at radius 2 is 2.00 bits per heavy atom. The molecule has 0 bridgehead atoms. The van der Waals surface area contributed by atoms with Crippen LogP contribution in [0.5, 0.6) is 0 Å². The molecule has 154 valence electrons. The number of aromatic nitrogens is 1. The van der Waals surface area contributed by atoms with Gasteiger partial charge in [0.15, 0.2) is 0 Å². The van der Waals surface area contributed by atoms with E-state index in [2.05, 4.69) is 0 Å². The molecule has 29 heavy (non-hydrogen) atoms. The lowest BCUT2D eigenvalue weighted by Crippen LogP contribution is -2.37. The van der Waals surface area contributed by atoms with Gasteiger partial charge >= 0.3 is 12.2 Å². The van der Waals surface area contributed by atoms with E-state index in [1.165, 1.54) is 15.9 Å². The van der Waals surface area contributed by atoms with Gasteiger partial charge in [0.2, 0.25) is 0 Å². The summed E-state index contributed by atoms with van der Waals surface area (Å²) in [7, 11) is 0. The Morgan fingerprint density at radius 3 is 2.59 bits per heavy atom. The van der Waals surface area contributed by atoms with Crippen molar-refractivity contribution < 1.29 is 19.4 Å². The van der Waals surface area contributed by atoms with Gasteiger partial charge in [0.05, 0.1) is 33.9 Å². The highest BCUT2D eigenvalue weighted by Gasteiger charge is 2.29. The molecule has 0 spiro atoms. The monoisotopic (exact) mass is 438 g/mol. The van der Waals surface area contributed by atoms with Crippen molar-refractivity contribution in [3.8, 4) is 6.07 Å². The summed E-state index contributed by atoms with van der Waals surface area (Å²) in [4.78, 5) is 26.6. The average Bonchev–Trinajstić information content (AvgIpc) is 3.00. The maximum Gasteiger partial charge on any atom is 0.415 e. The molecule has 2 amide bonds. The fourth-order valence-electron chi connectivity index (χ4n) is 3.31. The first kappa shape index (κ1) is 21.1. The van der Waals surface area contributed by atoms with Gasteiger partial charge < -0.3 is 19.3 Å². The van der Waals surface area contributed by atoms with Crippen LogP contribution < -0.4 is 4.90 Å². The summed E-state index contributed by atoms with van der Waals surface area (Å²) in [6.07, 6.45) is -1.69. The van der Waals surface area contributed by atoms with Crippen molar-refractivity contribution in [3.05, 3.63) is 27.9 Å². The highest BCUT2D eigenvalue weighted by molar-refractivity contribution is 6.45. The third kappa shape index (κ3) is 4.07. The second kappa shape index (κ2) is 7.65. The van der Waals surface area contributed by atoms with Crippen molar-refractivity contribution in [3.63, 3.8) is 0 Å². The van der Waals surface area contributed by atoms with E-state index in [9.17, 15) is 20.0 Å². The first-order valence-electron chi connectivity index (χ1n) is 8.89. The Labute approximate surface area is 177 Å². The minimum absolute atomic E-state index is 0.183. The first-order valence-corrected chi connectivity index (χ1v) is 9.64. The zero-order valence-corrected chi connectivity index (χ0v) is 17.7. The Kier molecular flexibility index (Phi) is 5.57. The number of amides is 2. The number of halogens is 2. The fourth-order valence-corrected chi connectivity index (χ4v) is 3.76. The number of carbonyl (C=O) groups is 2. The van der Waals surface area contributed by atoms with Crippen LogP contribution in [0.1, 0.15) is 26.5 Å². The molecule has 3 rings (SSSR count). The van der Waals surface area contributed by atoms with E-state index < -0.39 is 17.8 Å². The SMILES string of the molecule is CC(C)(C)OC(=O)N(CC#N)c1cc(Cl)c(Cl)c2c1cc1n2CCN(C(=O)O)C1. The Bertz CT molecular complexity index is 1040. The number of carboxylic acid groups (broad SMARTS) is 1. The molecule has 1 aliphatic rings. The van der Waals surface area contributed by atoms with Crippen LogP contribution in [0.4, 0.5) is 15.3 Å². The molecular weight excluding hydrogens is 419 g/mol. The second-order valence-electron chi connectivity index (χ2n) is 7.67. The number of rotatable bonds is 2. The molecule has 0 fully saturated rings. The molecule has 8 nitrogen and oxygen atoms in total. The van der Waals surface area contributed by atoms with Crippen LogP contribution in [0.15, 0.2) is 12.1 Å². The van der Waals surface area contributed by atoms with Gasteiger partial charge in [-0.3, -0.25) is 4.90 Å². The second-order valence-corrected chi connectivity index (χ2v) is 8.45. The third-order valence-electron chi connectivity index (χ3n) is 4.49. The first-order chi connectivity index (χ1) is 13.5.